The monoisotopic (exact) mass is 416 g/mol. The van der Waals surface area contributed by atoms with Crippen LogP contribution in [0, 0.1) is 6.92 Å². The first-order valence-electron chi connectivity index (χ1n) is 8.08. The van der Waals surface area contributed by atoms with Crippen LogP contribution in [0.3, 0.4) is 0 Å². The van der Waals surface area contributed by atoms with Crippen LogP contribution in [0.2, 0.25) is 10.0 Å². The number of aryl methyl sites for hydroxylation is 1. The summed E-state index contributed by atoms with van der Waals surface area (Å²) in [4.78, 5) is 36.6. The molecule has 0 aliphatic rings. The van der Waals surface area contributed by atoms with E-state index in [1.54, 1.807) is 43.3 Å². The fraction of sp³-hybridized carbons (Fsp3) is 0.0526. The molecule has 0 saturated carbocycles. The molecule has 0 aliphatic heterocycles. The summed E-state index contributed by atoms with van der Waals surface area (Å²) < 4.78 is 1.44. The number of aromatic nitrogens is 2. The molecule has 0 atom stereocenters. The van der Waals surface area contributed by atoms with Gasteiger partial charge in [-0.1, -0.05) is 23.2 Å². The molecule has 1 aromatic heterocycles. The number of carbonyl (C=O) groups excluding carboxylic acids is 2. The topological polar surface area (TPSA) is 93.1 Å². The normalized spacial score (nSPS) is 10.4. The molecule has 7 nitrogen and oxygen atoms in total. The average Bonchev–Trinajstić information content (AvgIpc) is 2.67. The minimum Gasteiger partial charge on any atom is -0.287 e. The van der Waals surface area contributed by atoms with E-state index in [0.29, 0.717) is 27.0 Å². The van der Waals surface area contributed by atoms with Crippen LogP contribution in [-0.4, -0.2) is 21.6 Å². The van der Waals surface area contributed by atoms with Crippen LogP contribution >= 0.6 is 23.2 Å². The molecule has 2 amide bonds. The molecule has 0 radical (unpaired) electrons. The zero-order chi connectivity index (χ0) is 20.3. The van der Waals surface area contributed by atoms with Crippen LogP contribution in [0.5, 0.6) is 0 Å². The first-order valence-corrected chi connectivity index (χ1v) is 8.84. The van der Waals surface area contributed by atoms with Crippen molar-refractivity contribution in [1.82, 2.24) is 20.6 Å². The Morgan fingerprint density at radius 3 is 2.04 bits per heavy atom. The third-order valence-electron chi connectivity index (χ3n) is 3.79. The summed E-state index contributed by atoms with van der Waals surface area (Å²) in [6.45, 7) is 1.69. The maximum Gasteiger partial charge on any atom is 0.294 e. The lowest BCUT2D eigenvalue weighted by Gasteiger charge is -2.12. The number of hydrazine groups is 1. The molecule has 142 valence electrons. The number of hydrogen-bond donors (Lipinski definition) is 2. The lowest BCUT2D eigenvalue weighted by atomic mass is 10.2. The standard InChI is InChI=1S/C19H14Cl2N4O3/c1-11-10-16(26)17(24-25(11)15-8-6-14(21)7-9-15)19(28)23-22-18(27)12-2-4-13(20)5-3-12/h2-10H,1H3,(H,22,27)(H,23,28). The highest BCUT2D eigenvalue weighted by atomic mass is 35.5. The molecule has 3 aromatic rings. The SMILES string of the molecule is Cc1cc(=O)c(C(=O)NNC(=O)c2ccc(Cl)cc2)nn1-c1ccc(Cl)cc1. The summed E-state index contributed by atoms with van der Waals surface area (Å²) in [5.74, 6) is -1.40. The van der Waals surface area contributed by atoms with Gasteiger partial charge in [0, 0.05) is 27.4 Å². The van der Waals surface area contributed by atoms with E-state index in [9.17, 15) is 14.4 Å². The van der Waals surface area contributed by atoms with E-state index in [2.05, 4.69) is 16.0 Å². The van der Waals surface area contributed by atoms with E-state index in [4.69, 9.17) is 23.2 Å². The third kappa shape index (κ3) is 4.39. The van der Waals surface area contributed by atoms with Gasteiger partial charge < -0.3 is 0 Å². The molecule has 0 spiro atoms. The maximum atomic E-state index is 12.4. The van der Waals surface area contributed by atoms with Gasteiger partial charge in [-0.2, -0.15) is 5.10 Å². The highest BCUT2D eigenvalue weighted by Gasteiger charge is 2.16. The number of halogens is 2. The van der Waals surface area contributed by atoms with Crippen molar-refractivity contribution in [2.45, 2.75) is 6.92 Å². The largest absolute Gasteiger partial charge is 0.294 e. The Morgan fingerprint density at radius 1 is 0.893 bits per heavy atom. The first kappa shape index (κ1) is 19.6. The Kier molecular flexibility index (Phi) is 5.77. The zero-order valence-electron chi connectivity index (χ0n) is 14.6. The second-order valence-corrected chi connectivity index (χ2v) is 6.67. The Labute approximate surface area is 169 Å². The van der Waals surface area contributed by atoms with Crippen molar-refractivity contribution >= 4 is 35.0 Å². The lowest BCUT2D eigenvalue weighted by Crippen LogP contribution is -2.44. The minimum absolute atomic E-state index is 0.292. The van der Waals surface area contributed by atoms with E-state index in [0.717, 1.165) is 0 Å². The third-order valence-corrected chi connectivity index (χ3v) is 4.29. The number of nitrogens with zero attached hydrogens (tertiary/aromatic N) is 2. The van der Waals surface area contributed by atoms with Crippen LogP contribution in [-0.2, 0) is 0 Å². The lowest BCUT2D eigenvalue weighted by molar-refractivity contribution is 0.0842. The summed E-state index contributed by atoms with van der Waals surface area (Å²) in [6.07, 6.45) is 0. The Hall–Kier alpha value is -3.16. The van der Waals surface area contributed by atoms with Crippen molar-refractivity contribution < 1.29 is 9.59 Å². The summed E-state index contributed by atoms with van der Waals surface area (Å²) in [5, 5.41) is 5.14. The van der Waals surface area contributed by atoms with Crippen LogP contribution in [0.25, 0.3) is 5.69 Å². The Balaban J connectivity index is 1.80. The summed E-state index contributed by atoms with van der Waals surface area (Å²) in [6, 6.07) is 14.1. The molecule has 9 heteroatoms. The van der Waals surface area contributed by atoms with Gasteiger partial charge in [-0.05, 0) is 55.5 Å². The van der Waals surface area contributed by atoms with Gasteiger partial charge in [0.2, 0.25) is 5.43 Å². The van der Waals surface area contributed by atoms with Gasteiger partial charge in [0.15, 0.2) is 5.69 Å². The average molecular weight is 417 g/mol. The van der Waals surface area contributed by atoms with Gasteiger partial charge in [0.25, 0.3) is 11.8 Å². The smallest absolute Gasteiger partial charge is 0.287 e. The summed E-state index contributed by atoms with van der Waals surface area (Å²) in [7, 11) is 0. The second-order valence-electron chi connectivity index (χ2n) is 5.80. The molecule has 0 unspecified atom stereocenters. The van der Waals surface area contributed by atoms with Crippen molar-refractivity contribution in [3.05, 3.63) is 91.8 Å². The number of amides is 2. The van der Waals surface area contributed by atoms with Crippen LogP contribution in [0.15, 0.2) is 59.4 Å². The van der Waals surface area contributed by atoms with Crippen molar-refractivity contribution in [3.63, 3.8) is 0 Å². The molecular formula is C19H14Cl2N4O3. The number of rotatable bonds is 3. The number of carbonyl (C=O) groups is 2. The van der Waals surface area contributed by atoms with E-state index >= 15 is 0 Å². The van der Waals surface area contributed by atoms with E-state index in [1.165, 1.54) is 22.9 Å². The fourth-order valence-electron chi connectivity index (χ4n) is 2.39. The molecule has 0 saturated heterocycles. The number of benzene rings is 2. The summed E-state index contributed by atoms with van der Waals surface area (Å²) in [5.41, 5.74) is 4.95. The number of hydrogen-bond acceptors (Lipinski definition) is 4. The van der Waals surface area contributed by atoms with Crippen molar-refractivity contribution in [1.29, 1.82) is 0 Å². The molecule has 2 N–H and O–H groups in total. The Bertz CT molecular complexity index is 1090. The van der Waals surface area contributed by atoms with Gasteiger partial charge >= 0.3 is 0 Å². The highest BCUT2D eigenvalue weighted by molar-refractivity contribution is 6.30. The first-order chi connectivity index (χ1) is 13.3. The molecule has 2 aromatic carbocycles. The molecule has 28 heavy (non-hydrogen) atoms. The van der Waals surface area contributed by atoms with Gasteiger partial charge in [0.05, 0.1) is 5.69 Å². The van der Waals surface area contributed by atoms with Crippen molar-refractivity contribution in [2.75, 3.05) is 0 Å². The predicted molar refractivity (Wildman–Crippen MR) is 106 cm³/mol. The molecule has 0 bridgehead atoms. The molecule has 3 rings (SSSR count). The predicted octanol–water partition coefficient (Wildman–Crippen LogP) is 2.92. The van der Waals surface area contributed by atoms with E-state index < -0.39 is 17.2 Å². The van der Waals surface area contributed by atoms with Gasteiger partial charge in [0.1, 0.15) is 0 Å². The van der Waals surface area contributed by atoms with Crippen molar-refractivity contribution in [3.8, 4) is 5.69 Å². The zero-order valence-corrected chi connectivity index (χ0v) is 16.1. The highest BCUT2D eigenvalue weighted by Crippen LogP contribution is 2.14. The Morgan fingerprint density at radius 2 is 1.43 bits per heavy atom. The van der Waals surface area contributed by atoms with Crippen LogP contribution in [0.1, 0.15) is 26.5 Å². The van der Waals surface area contributed by atoms with E-state index in [1.807, 2.05) is 0 Å². The second kappa shape index (κ2) is 8.24. The number of nitrogens with one attached hydrogen (secondary N) is 2. The van der Waals surface area contributed by atoms with Gasteiger partial charge in [-0.25, -0.2) is 4.68 Å². The van der Waals surface area contributed by atoms with Crippen molar-refractivity contribution in [2.24, 2.45) is 0 Å². The maximum absolute atomic E-state index is 12.4. The fourth-order valence-corrected chi connectivity index (χ4v) is 2.65. The van der Waals surface area contributed by atoms with Gasteiger partial charge in [-0.15, -0.1) is 0 Å². The van der Waals surface area contributed by atoms with Crippen LogP contribution < -0.4 is 16.3 Å². The molecule has 0 fully saturated rings. The van der Waals surface area contributed by atoms with Gasteiger partial charge in [-0.3, -0.25) is 25.2 Å². The molecular weight excluding hydrogens is 403 g/mol. The summed E-state index contributed by atoms with van der Waals surface area (Å²) >= 11 is 11.7. The molecule has 0 aliphatic carbocycles. The molecule has 1 heterocycles. The van der Waals surface area contributed by atoms with Crippen LogP contribution in [0.4, 0.5) is 0 Å². The quantitative estimate of drug-likeness (QED) is 0.641. The van der Waals surface area contributed by atoms with E-state index in [-0.39, 0.29) is 5.69 Å². The minimum atomic E-state index is -0.838.